The Labute approximate surface area is 105 Å². The Morgan fingerprint density at radius 1 is 1.50 bits per heavy atom. The molecule has 0 aromatic heterocycles. The molecule has 1 fully saturated rings. The molecule has 1 aliphatic heterocycles. The van der Waals surface area contributed by atoms with Gasteiger partial charge < -0.3 is 14.8 Å². The number of ether oxygens (including phenoxy) is 2. The van der Waals surface area contributed by atoms with Crippen LogP contribution < -0.4 is 10.1 Å². The van der Waals surface area contributed by atoms with Gasteiger partial charge >= 0.3 is 5.97 Å². The van der Waals surface area contributed by atoms with Crippen LogP contribution in [0.15, 0.2) is 18.2 Å². The largest absolute Gasteiger partial charge is 0.489 e. The number of hydrogen-bond acceptors (Lipinski definition) is 4. The summed E-state index contributed by atoms with van der Waals surface area (Å²) in [6, 6.07) is 4.31. The zero-order chi connectivity index (χ0) is 13.1. The molecule has 1 N–H and O–H groups in total. The number of methoxy groups -OCH3 is 1. The number of carbonyl (C=O) groups excluding carboxylic acids is 1. The van der Waals surface area contributed by atoms with Crippen molar-refractivity contribution in [1.29, 1.82) is 0 Å². The van der Waals surface area contributed by atoms with Crippen LogP contribution in [0.5, 0.6) is 5.75 Å². The molecule has 4 nitrogen and oxygen atoms in total. The topological polar surface area (TPSA) is 47.6 Å². The second kappa shape index (κ2) is 5.35. The molecule has 1 heterocycles. The molecule has 1 aromatic carbocycles. The minimum absolute atomic E-state index is 0.0982. The smallest absolute Gasteiger partial charge is 0.323 e. The van der Waals surface area contributed by atoms with Gasteiger partial charge in [-0.05, 0) is 30.7 Å². The predicted octanol–water partition coefficient (Wildman–Crippen LogP) is 1.42. The molecule has 1 aliphatic rings. The number of nitrogens with one attached hydrogen (secondary N) is 1. The van der Waals surface area contributed by atoms with Gasteiger partial charge in [-0.3, -0.25) is 4.79 Å². The Hall–Kier alpha value is -1.62. The molecular weight excluding hydrogens is 237 g/mol. The van der Waals surface area contributed by atoms with Crippen LogP contribution in [-0.4, -0.2) is 31.8 Å². The van der Waals surface area contributed by atoms with Crippen LogP contribution in [0.3, 0.4) is 0 Å². The van der Waals surface area contributed by atoms with Crippen LogP contribution in [0.4, 0.5) is 4.39 Å². The third kappa shape index (κ3) is 2.79. The van der Waals surface area contributed by atoms with Gasteiger partial charge in [0.15, 0.2) is 0 Å². The van der Waals surface area contributed by atoms with Crippen LogP contribution in [-0.2, 0) is 9.53 Å². The molecule has 0 amide bonds. The zero-order valence-electron chi connectivity index (χ0n) is 10.4. The second-order valence-electron chi connectivity index (χ2n) is 4.37. The van der Waals surface area contributed by atoms with E-state index in [1.807, 2.05) is 0 Å². The Kier molecular flexibility index (Phi) is 3.81. The molecule has 1 saturated heterocycles. The quantitative estimate of drug-likeness (QED) is 0.828. The molecule has 98 valence electrons. The maximum absolute atomic E-state index is 13.1. The number of hydrogen-bond donors (Lipinski definition) is 1. The number of aryl methyl sites for hydroxylation is 1. The first-order valence-electron chi connectivity index (χ1n) is 5.84. The van der Waals surface area contributed by atoms with E-state index in [0.29, 0.717) is 24.3 Å². The van der Waals surface area contributed by atoms with E-state index in [9.17, 15) is 9.18 Å². The molecule has 5 heteroatoms. The molecule has 0 aliphatic carbocycles. The number of halogens is 1. The summed E-state index contributed by atoms with van der Waals surface area (Å²) >= 11 is 0. The minimum Gasteiger partial charge on any atom is -0.489 e. The third-order valence-corrected chi connectivity index (χ3v) is 3.01. The predicted molar refractivity (Wildman–Crippen MR) is 64.0 cm³/mol. The van der Waals surface area contributed by atoms with Gasteiger partial charge in [0.05, 0.1) is 7.11 Å². The highest BCUT2D eigenvalue weighted by atomic mass is 19.1. The van der Waals surface area contributed by atoms with E-state index in [1.165, 1.54) is 13.2 Å². The number of carbonyl (C=O) groups is 1. The van der Waals surface area contributed by atoms with E-state index in [2.05, 4.69) is 10.1 Å². The van der Waals surface area contributed by atoms with Crippen molar-refractivity contribution < 1.29 is 18.7 Å². The summed E-state index contributed by atoms with van der Waals surface area (Å²) in [5.74, 6) is 0.0851. The van der Waals surface area contributed by atoms with E-state index >= 15 is 0 Å². The average molecular weight is 253 g/mol. The summed E-state index contributed by atoms with van der Waals surface area (Å²) in [6.45, 7) is 2.27. The number of benzene rings is 1. The van der Waals surface area contributed by atoms with E-state index < -0.39 is 0 Å². The molecule has 0 saturated carbocycles. The van der Waals surface area contributed by atoms with Gasteiger partial charge in [0, 0.05) is 13.0 Å². The van der Waals surface area contributed by atoms with Gasteiger partial charge in [-0.1, -0.05) is 0 Å². The van der Waals surface area contributed by atoms with E-state index in [1.54, 1.807) is 19.1 Å². The van der Waals surface area contributed by atoms with E-state index in [-0.39, 0.29) is 23.9 Å². The number of esters is 1. The van der Waals surface area contributed by atoms with Crippen LogP contribution >= 0.6 is 0 Å². The fourth-order valence-electron chi connectivity index (χ4n) is 2.00. The third-order valence-electron chi connectivity index (χ3n) is 3.01. The summed E-state index contributed by atoms with van der Waals surface area (Å²) in [5.41, 5.74) is 0.544. The van der Waals surface area contributed by atoms with Gasteiger partial charge in [0.25, 0.3) is 0 Å². The first kappa shape index (κ1) is 12.8. The lowest BCUT2D eigenvalue weighted by Crippen LogP contribution is -2.31. The van der Waals surface area contributed by atoms with Gasteiger partial charge in [0.1, 0.15) is 23.7 Å². The van der Waals surface area contributed by atoms with Crippen molar-refractivity contribution in [3.8, 4) is 5.75 Å². The summed E-state index contributed by atoms with van der Waals surface area (Å²) in [7, 11) is 1.36. The van der Waals surface area contributed by atoms with E-state index in [0.717, 1.165) is 0 Å². The van der Waals surface area contributed by atoms with Gasteiger partial charge in [0.2, 0.25) is 0 Å². The highest BCUT2D eigenvalue weighted by Gasteiger charge is 2.31. The van der Waals surface area contributed by atoms with Gasteiger partial charge in [-0.2, -0.15) is 0 Å². The Balaban J connectivity index is 1.95. The average Bonchev–Trinajstić information content (AvgIpc) is 2.81. The summed E-state index contributed by atoms with van der Waals surface area (Å²) < 4.78 is 23.5. The Bertz CT molecular complexity index is 450. The maximum atomic E-state index is 13.1. The highest BCUT2D eigenvalue weighted by molar-refractivity contribution is 5.76. The van der Waals surface area contributed by atoms with E-state index in [4.69, 9.17) is 4.74 Å². The van der Waals surface area contributed by atoms with Crippen molar-refractivity contribution in [2.75, 3.05) is 13.7 Å². The first-order chi connectivity index (χ1) is 8.60. The first-order valence-corrected chi connectivity index (χ1v) is 5.84. The van der Waals surface area contributed by atoms with Crippen molar-refractivity contribution in [2.24, 2.45) is 0 Å². The van der Waals surface area contributed by atoms with Crippen LogP contribution in [0.1, 0.15) is 12.0 Å². The summed E-state index contributed by atoms with van der Waals surface area (Å²) in [5, 5.41) is 3.03. The van der Waals surface area contributed by atoms with Crippen LogP contribution in [0.25, 0.3) is 0 Å². The standard InChI is InChI=1S/C13H16FNO3/c1-8-5-9(3-4-11(8)14)18-10-6-12(15-7-10)13(16)17-2/h3-5,10,12,15H,6-7H2,1-2H3/t10-,12-/m0/s1. The highest BCUT2D eigenvalue weighted by Crippen LogP contribution is 2.20. The normalized spacial score (nSPS) is 22.8. The van der Waals surface area contributed by atoms with Crippen molar-refractivity contribution in [2.45, 2.75) is 25.5 Å². The minimum atomic E-state index is -0.318. The van der Waals surface area contributed by atoms with Gasteiger partial charge in [-0.15, -0.1) is 0 Å². The molecule has 2 rings (SSSR count). The molecular formula is C13H16FNO3. The maximum Gasteiger partial charge on any atom is 0.323 e. The van der Waals surface area contributed by atoms with Crippen molar-refractivity contribution in [3.63, 3.8) is 0 Å². The molecule has 0 unspecified atom stereocenters. The van der Waals surface area contributed by atoms with Gasteiger partial charge in [-0.25, -0.2) is 4.39 Å². The summed E-state index contributed by atoms with van der Waals surface area (Å²) in [6.07, 6.45) is 0.460. The van der Waals surface area contributed by atoms with Crippen molar-refractivity contribution >= 4 is 5.97 Å². The van der Waals surface area contributed by atoms with Crippen molar-refractivity contribution in [3.05, 3.63) is 29.6 Å². The molecule has 0 spiro atoms. The lowest BCUT2D eigenvalue weighted by molar-refractivity contribution is -0.142. The lowest BCUT2D eigenvalue weighted by Gasteiger charge is -2.13. The monoisotopic (exact) mass is 253 g/mol. The second-order valence-corrected chi connectivity index (χ2v) is 4.37. The molecule has 0 bridgehead atoms. The number of rotatable bonds is 3. The molecule has 2 atom stereocenters. The molecule has 0 radical (unpaired) electrons. The zero-order valence-corrected chi connectivity index (χ0v) is 10.4. The fraction of sp³-hybridized carbons (Fsp3) is 0.462. The lowest BCUT2D eigenvalue weighted by atomic mass is 10.2. The Morgan fingerprint density at radius 2 is 2.28 bits per heavy atom. The SMILES string of the molecule is COC(=O)[C@@H]1C[C@H](Oc2ccc(F)c(C)c2)CN1. The molecule has 18 heavy (non-hydrogen) atoms. The molecule has 1 aromatic rings. The fourth-order valence-corrected chi connectivity index (χ4v) is 2.00. The summed E-state index contributed by atoms with van der Waals surface area (Å²) in [4.78, 5) is 11.3. The van der Waals surface area contributed by atoms with Crippen molar-refractivity contribution in [1.82, 2.24) is 5.32 Å². The van der Waals surface area contributed by atoms with Crippen LogP contribution in [0, 0.1) is 12.7 Å². The Morgan fingerprint density at radius 3 is 2.94 bits per heavy atom. The van der Waals surface area contributed by atoms with Crippen LogP contribution in [0.2, 0.25) is 0 Å².